The van der Waals surface area contributed by atoms with Gasteiger partial charge in [-0.05, 0) is 61.2 Å². The van der Waals surface area contributed by atoms with Gasteiger partial charge in [0.2, 0.25) is 5.91 Å². The zero-order valence-corrected chi connectivity index (χ0v) is 18.2. The molecule has 2 aromatic carbocycles. The van der Waals surface area contributed by atoms with Gasteiger partial charge < -0.3 is 10.1 Å². The van der Waals surface area contributed by atoms with Crippen molar-refractivity contribution >= 4 is 29.8 Å². The number of nitrogens with zero attached hydrogens (tertiary/aromatic N) is 3. The Balaban J connectivity index is 1.37. The molecule has 9 nitrogen and oxygen atoms in total. The second-order valence-corrected chi connectivity index (χ2v) is 7.93. The first-order valence-corrected chi connectivity index (χ1v) is 10.3. The number of benzene rings is 2. The predicted octanol–water partition coefficient (Wildman–Crippen LogP) is 2.13. The fourth-order valence-corrected chi connectivity index (χ4v) is 3.79. The number of hydrogen-bond donors (Lipinski definition) is 2. The fourth-order valence-electron chi connectivity index (χ4n) is 3.79. The average Bonchev–Trinajstić information content (AvgIpc) is 3.23. The van der Waals surface area contributed by atoms with Crippen molar-refractivity contribution < 1.29 is 19.1 Å². The van der Waals surface area contributed by atoms with Gasteiger partial charge in [-0.25, -0.2) is 15.2 Å². The molecule has 166 valence electrons. The van der Waals surface area contributed by atoms with E-state index in [0.29, 0.717) is 17.7 Å². The summed E-state index contributed by atoms with van der Waals surface area (Å²) in [5.41, 5.74) is 7.75. The van der Waals surface area contributed by atoms with Crippen LogP contribution in [0.25, 0.3) is 0 Å². The maximum absolute atomic E-state index is 12.9. The third-order valence-corrected chi connectivity index (χ3v) is 5.77. The lowest BCUT2D eigenvalue weighted by molar-refractivity contribution is -0.139. The first-order chi connectivity index (χ1) is 15.4. The van der Waals surface area contributed by atoms with Crippen molar-refractivity contribution in [1.29, 1.82) is 0 Å². The minimum Gasteiger partial charge on any atom is -0.465 e. The van der Waals surface area contributed by atoms with E-state index >= 15 is 0 Å². The molecular formula is C23H25N5O4. The third kappa shape index (κ3) is 4.33. The molecule has 0 saturated carbocycles. The van der Waals surface area contributed by atoms with Gasteiger partial charge in [0.15, 0.2) is 0 Å². The summed E-state index contributed by atoms with van der Waals surface area (Å²) < 4.78 is 4.66. The Morgan fingerprint density at radius 3 is 2.59 bits per heavy atom. The number of hydrogen-bond acceptors (Lipinski definition) is 7. The molecule has 2 atom stereocenters. The molecule has 2 N–H and O–H groups in total. The maximum Gasteiger partial charge on any atom is 0.337 e. The number of fused-ring (bicyclic) bond motifs is 1. The highest BCUT2D eigenvalue weighted by Crippen LogP contribution is 2.30. The second kappa shape index (κ2) is 8.80. The number of ether oxygens (including phenoxy) is 1. The Bertz CT molecular complexity index is 1080. The molecule has 0 bridgehead atoms. The van der Waals surface area contributed by atoms with E-state index in [4.69, 9.17) is 0 Å². The summed E-state index contributed by atoms with van der Waals surface area (Å²) in [7, 11) is 1.30. The molecule has 2 heterocycles. The number of carbonyl (C=O) groups excluding carboxylic acids is 3. The van der Waals surface area contributed by atoms with E-state index in [1.54, 1.807) is 35.6 Å². The van der Waals surface area contributed by atoms with E-state index in [2.05, 4.69) is 52.6 Å². The van der Waals surface area contributed by atoms with Crippen LogP contribution in [0.1, 0.15) is 39.5 Å². The van der Waals surface area contributed by atoms with Crippen molar-refractivity contribution in [3.05, 3.63) is 64.7 Å². The quantitative estimate of drug-likeness (QED) is 0.698. The SMILES string of the molecule is COC(=O)c1ccc(NC(=O)CN2N=CN3NC(c4ccc(C)c(C)c4)CC3C2=O)cc1. The average molecular weight is 435 g/mol. The number of aryl methyl sites for hydroxylation is 2. The molecule has 2 aliphatic rings. The van der Waals surface area contributed by atoms with E-state index in [0.717, 1.165) is 5.56 Å². The highest BCUT2D eigenvalue weighted by molar-refractivity contribution is 5.97. The molecule has 1 fully saturated rings. The van der Waals surface area contributed by atoms with Crippen LogP contribution in [0.5, 0.6) is 0 Å². The van der Waals surface area contributed by atoms with E-state index < -0.39 is 12.0 Å². The lowest BCUT2D eigenvalue weighted by Crippen LogP contribution is -2.52. The lowest BCUT2D eigenvalue weighted by Gasteiger charge is -2.29. The largest absolute Gasteiger partial charge is 0.465 e. The number of hydrazone groups is 1. The van der Waals surface area contributed by atoms with Gasteiger partial charge in [-0.1, -0.05) is 18.2 Å². The Hall–Kier alpha value is -3.72. The van der Waals surface area contributed by atoms with Crippen molar-refractivity contribution in [2.45, 2.75) is 32.4 Å². The molecule has 1 saturated heterocycles. The van der Waals surface area contributed by atoms with Gasteiger partial charge in [0.25, 0.3) is 5.91 Å². The van der Waals surface area contributed by atoms with Gasteiger partial charge in [-0.2, -0.15) is 5.10 Å². The van der Waals surface area contributed by atoms with Gasteiger partial charge in [0, 0.05) is 5.69 Å². The number of rotatable bonds is 5. The number of nitrogens with one attached hydrogen (secondary N) is 2. The molecule has 0 radical (unpaired) electrons. The lowest BCUT2D eigenvalue weighted by atomic mass is 9.98. The van der Waals surface area contributed by atoms with Crippen LogP contribution in [0.4, 0.5) is 5.69 Å². The molecular weight excluding hydrogens is 410 g/mol. The molecule has 2 aromatic rings. The third-order valence-electron chi connectivity index (χ3n) is 5.77. The normalized spacial score (nSPS) is 19.7. The van der Waals surface area contributed by atoms with Crippen LogP contribution in [0.2, 0.25) is 0 Å². The summed E-state index contributed by atoms with van der Waals surface area (Å²) in [5, 5.41) is 9.75. The molecule has 9 heteroatoms. The predicted molar refractivity (Wildman–Crippen MR) is 119 cm³/mol. The number of amides is 2. The van der Waals surface area contributed by atoms with Crippen LogP contribution in [-0.2, 0) is 14.3 Å². The van der Waals surface area contributed by atoms with Gasteiger partial charge in [0.1, 0.15) is 18.9 Å². The minimum atomic E-state index is -0.454. The van der Waals surface area contributed by atoms with E-state index in [9.17, 15) is 14.4 Å². The molecule has 0 spiro atoms. The topological polar surface area (TPSA) is 103 Å². The van der Waals surface area contributed by atoms with Crippen molar-refractivity contribution in [1.82, 2.24) is 15.4 Å². The number of esters is 1. The summed E-state index contributed by atoms with van der Waals surface area (Å²) in [4.78, 5) is 36.9. The summed E-state index contributed by atoms with van der Waals surface area (Å²) in [6.07, 6.45) is 2.13. The number of anilines is 1. The van der Waals surface area contributed by atoms with Gasteiger partial charge in [-0.3, -0.25) is 14.6 Å². The second-order valence-electron chi connectivity index (χ2n) is 7.93. The van der Waals surface area contributed by atoms with Gasteiger partial charge >= 0.3 is 5.97 Å². The van der Waals surface area contributed by atoms with Crippen molar-refractivity contribution in [2.24, 2.45) is 5.10 Å². The van der Waals surface area contributed by atoms with Crippen molar-refractivity contribution in [2.75, 3.05) is 19.0 Å². The highest BCUT2D eigenvalue weighted by Gasteiger charge is 2.41. The van der Waals surface area contributed by atoms with Crippen LogP contribution < -0.4 is 10.7 Å². The van der Waals surface area contributed by atoms with Crippen LogP contribution in [0.15, 0.2) is 47.6 Å². The van der Waals surface area contributed by atoms with Gasteiger partial charge in [0.05, 0.1) is 18.7 Å². The van der Waals surface area contributed by atoms with E-state index in [-0.39, 0.29) is 24.4 Å². The summed E-state index contributed by atoms with van der Waals surface area (Å²) in [6.45, 7) is 3.93. The van der Waals surface area contributed by atoms with Crippen LogP contribution in [-0.4, -0.2) is 53.8 Å². The zero-order chi connectivity index (χ0) is 22.8. The monoisotopic (exact) mass is 435 g/mol. The molecule has 32 heavy (non-hydrogen) atoms. The summed E-state index contributed by atoms with van der Waals surface area (Å²) in [6, 6.07) is 12.2. The molecule has 2 unspecified atom stereocenters. The Kier molecular flexibility index (Phi) is 5.91. The minimum absolute atomic E-state index is 0.00296. The highest BCUT2D eigenvalue weighted by atomic mass is 16.5. The smallest absolute Gasteiger partial charge is 0.337 e. The maximum atomic E-state index is 12.9. The van der Waals surface area contributed by atoms with E-state index in [1.807, 2.05) is 0 Å². The molecule has 0 aliphatic carbocycles. The first kappa shape index (κ1) is 21.5. The van der Waals surface area contributed by atoms with Gasteiger partial charge in [-0.15, -0.1) is 0 Å². The molecule has 0 aromatic heterocycles. The Morgan fingerprint density at radius 1 is 1.16 bits per heavy atom. The Labute approximate surface area is 186 Å². The van der Waals surface area contributed by atoms with Crippen molar-refractivity contribution in [3.63, 3.8) is 0 Å². The summed E-state index contributed by atoms with van der Waals surface area (Å²) >= 11 is 0. The first-order valence-electron chi connectivity index (χ1n) is 10.3. The summed E-state index contributed by atoms with van der Waals surface area (Å²) in [5.74, 6) is -1.07. The van der Waals surface area contributed by atoms with Crippen molar-refractivity contribution in [3.8, 4) is 0 Å². The molecule has 4 rings (SSSR count). The van der Waals surface area contributed by atoms with E-state index in [1.165, 1.54) is 23.2 Å². The van der Waals surface area contributed by atoms with Crippen LogP contribution in [0.3, 0.4) is 0 Å². The zero-order valence-electron chi connectivity index (χ0n) is 18.2. The van der Waals surface area contributed by atoms with Crippen LogP contribution in [0, 0.1) is 13.8 Å². The number of carbonyl (C=O) groups is 3. The van der Waals surface area contributed by atoms with Crippen LogP contribution >= 0.6 is 0 Å². The Morgan fingerprint density at radius 2 is 1.91 bits per heavy atom. The molecule has 2 aliphatic heterocycles. The number of methoxy groups -OCH3 is 1. The molecule has 2 amide bonds. The fraction of sp³-hybridized carbons (Fsp3) is 0.304. The standard InChI is InChI=1S/C23H25N5O4/c1-14-4-5-17(10-15(14)2)19-11-20-22(30)27(24-13-28(20)26-19)12-21(29)25-18-8-6-16(7-9-18)23(31)32-3/h4-10,13,19-20,26H,11-12H2,1-3H3,(H,25,29). The number of hydrazine groups is 1.